The van der Waals surface area contributed by atoms with Gasteiger partial charge in [-0.25, -0.2) is 9.98 Å². The highest BCUT2D eigenvalue weighted by atomic mass is 32.1. The Morgan fingerprint density at radius 1 is 1.30 bits per heavy atom. The SMILES string of the molecule is CCNC(=NCc1ccccc1OCC1CC1)NCc1csc(C(C)C)n1. The van der Waals surface area contributed by atoms with Crippen molar-refractivity contribution in [3.05, 3.63) is 45.9 Å². The second-order valence-corrected chi connectivity index (χ2v) is 8.13. The topological polar surface area (TPSA) is 58.5 Å². The average Bonchev–Trinajstić information content (AvgIpc) is 3.37. The maximum Gasteiger partial charge on any atom is 0.191 e. The van der Waals surface area contributed by atoms with Gasteiger partial charge in [-0.2, -0.15) is 0 Å². The van der Waals surface area contributed by atoms with Gasteiger partial charge < -0.3 is 15.4 Å². The molecule has 0 radical (unpaired) electrons. The molecule has 0 unspecified atom stereocenters. The van der Waals surface area contributed by atoms with Crippen LogP contribution in [0.3, 0.4) is 0 Å². The van der Waals surface area contributed by atoms with E-state index in [-0.39, 0.29) is 0 Å². The first kappa shape index (κ1) is 19.7. The largest absolute Gasteiger partial charge is 0.493 e. The molecular formula is C21H30N4OS. The second-order valence-electron chi connectivity index (χ2n) is 7.24. The zero-order valence-electron chi connectivity index (χ0n) is 16.5. The first-order valence-corrected chi connectivity index (χ1v) is 10.7. The third kappa shape index (κ3) is 6.24. The molecular weight excluding hydrogens is 356 g/mol. The molecule has 3 rings (SSSR count). The minimum absolute atomic E-state index is 0.470. The molecule has 5 nitrogen and oxygen atoms in total. The van der Waals surface area contributed by atoms with E-state index in [1.807, 2.05) is 18.2 Å². The Balaban J connectivity index is 1.59. The van der Waals surface area contributed by atoms with Crippen LogP contribution in [0.15, 0.2) is 34.6 Å². The van der Waals surface area contributed by atoms with Crippen LogP contribution in [0.25, 0.3) is 0 Å². The molecule has 1 aliphatic carbocycles. The van der Waals surface area contributed by atoms with E-state index in [2.05, 4.69) is 47.8 Å². The molecule has 0 bridgehead atoms. The summed E-state index contributed by atoms with van der Waals surface area (Å²) in [6, 6.07) is 8.19. The van der Waals surface area contributed by atoms with Crippen molar-refractivity contribution in [2.24, 2.45) is 10.9 Å². The molecule has 1 aliphatic rings. The number of nitrogens with one attached hydrogen (secondary N) is 2. The van der Waals surface area contributed by atoms with Crippen LogP contribution in [0.4, 0.5) is 0 Å². The fraction of sp³-hybridized carbons (Fsp3) is 0.524. The minimum Gasteiger partial charge on any atom is -0.493 e. The van der Waals surface area contributed by atoms with Gasteiger partial charge in [-0.1, -0.05) is 32.0 Å². The van der Waals surface area contributed by atoms with Crippen molar-refractivity contribution in [1.29, 1.82) is 0 Å². The van der Waals surface area contributed by atoms with Gasteiger partial charge in [0.25, 0.3) is 0 Å². The standard InChI is InChI=1S/C21H30N4OS/c1-4-22-21(24-12-18-14-27-20(25-18)15(2)3)23-11-17-7-5-6-8-19(17)26-13-16-9-10-16/h5-8,14-16H,4,9-13H2,1-3H3,(H2,22,23,24). The smallest absolute Gasteiger partial charge is 0.191 e. The third-order valence-electron chi connectivity index (χ3n) is 4.40. The summed E-state index contributed by atoms with van der Waals surface area (Å²) in [5.74, 6) is 2.96. The lowest BCUT2D eigenvalue weighted by Crippen LogP contribution is -2.36. The summed E-state index contributed by atoms with van der Waals surface area (Å²) in [6.45, 7) is 9.32. The third-order valence-corrected chi connectivity index (χ3v) is 5.59. The van der Waals surface area contributed by atoms with Gasteiger partial charge in [0.1, 0.15) is 5.75 Å². The van der Waals surface area contributed by atoms with Crippen LogP contribution in [-0.2, 0) is 13.1 Å². The van der Waals surface area contributed by atoms with Crippen LogP contribution in [-0.4, -0.2) is 24.1 Å². The van der Waals surface area contributed by atoms with E-state index >= 15 is 0 Å². The Bertz CT molecular complexity index is 752. The molecule has 1 saturated carbocycles. The van der Waals surface area contributed by atoms with Crippen molar-refractivity contribution >= 4 is 17.3 Å². The van der Waals surface area contributed by atoms with Crippen LogP contribution < -0.4 is 15.4 Å². The molecule has 0 aliphatic heterocycles. The van der Waals surface area contributed by atoms with Gasteiger partial charge in [0.05, 0.1) is 30.4 Å². The number of hydrogen-bond donors (Lipinski definition) is 2. The number of hydrogen-bond acceptors (Lipinski definition) is 4. The molecule has 2 N–H and O–H groups in total. The van der Waals surface area contributed by atoms with E-state index in [4.69, 9.17) is 9.73 Å². The first-order chi connectivity index (χ1) is 13.2. The summed E-state index contributed by atoms with van der Waals surface area (Å²) >= 11 is 1.72. The molecule has 0 saturated heterocycles. The van der Waals surface area contributed by atoms with Gasteiger partial charge in [0, 0.05) is 23.4 Å². The van der Waals surface area contributed by atoms with Gasteiger partial charge in [-0.3, -0.25) is 0 Å². The van der Waals surface area contributed by atoms with E-state index in [1.54, 1.807) is 11.3 Å². The number of ether oxygens (including phenoxy) is 1. The number of rotatable bonds is 9. The number of aliphatic imine (C=N–C) groups is 1. The molecule has 0 amide bonds. The quantitative estimate of drug-likeness (QED) is 0.498. The Labute approximate surface area is 166 Å². The van der Waals surface area contributed by atoms with Crippen LogP contribution in [0.2, 0.25) is 0 Å². The summed E-state index contributed by atoms with van der Waals surface area (Å²) in [4.78, 5) is 9.41. The van der Waals surface area contributed by atoms with Crippen molar-refractivity contribution in [1.82, 2.24) is 15.6 Å². The molecule has 146 valence electrons. The maximum atomic E-state index is 5.99. The zero-order valence-corrected chi connectivity index (χ0v) is 17.3. The molecule has 27 heavy (non-hydrogen) atoms. The number of para-hydroxylation sites is 1. The van der Waals surface area contributed by atoms with Crippen molar-refractivity contribution < 1.29 is 4.74 Å². The number of aromatic nitrogens is 1. The molecule has 0 spiro atoms. The Morgan fingerprint density at radius 2 is 2.11 bits per heavy atom. The van der Waals surface area contributed by atoms with Crippen LogP contribution in [0.5, 0.6) is 5.75 Å². The molecule has 0 atom stereocenters. The first-order valence-electron chi connectivity index (χ1n) is 9.83. The second kappa shape index (κ2) is 9.74. The lowest BCUT2D eigenvalue weighted by atomic mass is 10.2. The molecule has 1 aromatic carbocycles. The predicted molar refractivity (Wildman–Crippen MR) is 113 cm³/mol. The summed E-state index contributed by atoms with van der Waals surface area (Å²) in [5.41, 5.74) is 2.17. The Hall–Kier alpha value is -2.08. The molecule has 1 fully saturated rings. The van der Waals surface area contributed by atoms with Crippen molar-refractivity contribution in [3.63, 3.8) is 0 Å². The summed E-state index contributed by atoms with van der Waals surface area (Å²) in [7, 11) is 0. The van der Waals surface area contributed by atoms with Crippen molar-refractivity contribution in [2.75, 3.05) is 13.2 Å². The molecule has 2 aromatic rings. The summed E-state index contributed by atoms with van der Waals surface area (Å²) in [6.07, 6.45) is 2.59. The highest BCUT2D eigenvalue weighted by Crippen LogP contribution is 2.30. The lowest BCUT2D eigenvalue weighted by Gasteiger charge is -2.12. The van der Waals surface area contributed by atoms with E-state index in [0.717, 1.165) is 42.0 Å². The van der Waals surface area contributed by atoms with Crippen LogP contribution >= 0.6 is 11.3 Å². The van der Waals surface area contributed by atoms with E-state index in [0.29, 0.717) is 19.0 Å². The molecule has 6 heteroatoms. The van der Waals surface area contributed by atoms with Crippen molar-refractivity contribution in [2.45, 2.75) is 52.6 Å². The molecule has 1 heterocycles. The van der Waals surface area contributed by atoms with E-state index in [1.165, 1.54) is 17.8 Å². The maximum absolute atomic E-state index is 5.99. The summed E-state index contributed by atoms with van der Waals surface area (Å²) < 4.78 is 5.99. The van der Waals surface area contributed by atoms with Gasteiger partial charge in [0.15, 0.2) is 5.96 Å². The lowest BCUT2D eigenvalue weighted by molar-refractivity contribution is 0.297. The highest BCUT2D eigenvalue weighted by Gasteiger charge is 2.22. The van der Waals surface area contributed by atoms with E-state index in [9.17, 15) is 0 Å². The average molecular weight is 387 g/mol. The van der Waals surface area contributed by atoms with Gasteiger partial charge >= 0.3 is 0 Å². The van der Waals surface area contributed by atoms with Crippen LogP contribution in [0.1, 0.15) is 55.8 Å². The van der Waals surface area contributed by atoms with Gasteiger partial charge in [-0.15, -0.1) is 11.3 Å². The normalized spacial score (nSPS) is 14.4. The fourth-order valence-corrected chi connectivity index (χ4v) is 3.45. The summed E-state index contributed by atoms with van der Waals surface area (Å²) in [5, 5.41) is 9.98. The van der Waals surface area contributed by atoms with E-state index < -0.39 is 0 Å². The van der Waals surface area contributed by atoms with Crippen LogP contribution in [0, 0.1) is 5.92 Å². The molecule has 1 aromatic heterocycles. The number of nitrogens with zero attached hydrogens (tertiary/aromatic N) is 2. The van der Waals surface area contributed by atoms with Gasteiger partial charge in [0.2, 0.25) is 0 Å². The highest BCUT2D eigenvalue weighted by molar-refractivity contribution is 7.09. The zero-order chi connectivity index (χ0) is 19.1. The monoisotopic (exact) mass is 386 g/mol. The fourth-order valence-electron chi connectivity index (χ4n) is 2.62. The Kier molecular flexibility index (Phi) is 7.10. The number of thiazole rings is 1. The predicted octanol–water partition coefficient (Wildman–Crippen LogP) is 4.31. The minimum atomic E-state index is 0.470. The Morgan fingerprint density at radius 3 is 2.81 bits per heavy atom. The van der Waals surface area contributed by atoms with Crippen molar-refractivity contribution in [3.8, 4) is 5.75 Å². The number of benzene rings is 1. The number of guanidine groups is 1. The van der Waals surface area contributed by atoms with Gasteiger partial charge in [-0.05, 0) is 31.7 Å².